The Hall–Kier alpha value is -0.770. The number of hydrogen-bond acceptors (Lipinski definition) is 3. The van der Waals surface area contributed by atoms with Crippen molar-refractivity contribution < 1.29 is 19.4 Å². The lowest BCUT2D eigenvalue weighted by atomic mass is 10.4. The first-order valence-corrected chi connectivity index (χ1v) is 3.05. The molecule has 0 aromatic heterocycles. The minimum atomic E-state index is -1.36. The molecule has 0 atom stereocenters. The van der Waals surface area contributed by atoms with Crippen molar-refractivity contribution in [2.24, 2.45) is 0 Å². The van der Waals surface area contributed by atoms with Crippen molar-refractivity contribution >= 4 is 23.0 Å². The van der Waals surface area contributed by atoms with Crippen molar-refractivity contribution in [3.63, 3.8) is 0 Å². The molecule has 0 amide bonds. The average molecular weight is 167 g/mol. The highest BCUT2D eigenvalue weighted by molar-refractivity contribution is 6.60. The molecule has 58 valence electrons. The van der Waals surface area contributed by atoms with Gasteiger partial charge < -0.3 is 9.84 Å². The molecule has 0 aliphatic carbocycles. The first-order chi connectivity index (χ1) is 4.63. The van der Waals surface area contributed by atoms with E-state index < -0.39 is 5.43 Å². The molecule has 0 unspecified atom stereocenters. The maximum Gasteiger partial charge on any atom is 0.401 e. The number of hydrogen-bond donors (Lipinski definition) is 1. The Labute approximate surface area is 62.7 Å². The Kier molecular flexibility index (Phi) is 4.66. The van der Waals surface area contributed by atoms with Crippen molar-refractivity contribution in [1.82, 2.24) is 0 Å². The van der Waals surface area contributed by atoms with Crippen LogP contribution in [0.3, 0.4) is 0 Å². The number of cyclic esters (lactones) is 1. The van der Waals surface area contributed by atoms with Gasteiger partial charge in [0.05, 0.1) is 6.61 Å². The second kappa shape index (κ2) is 5.05. The van der Waals surface area contributed by atoms with Crippen LogP contribution >= 0.6 is 11.6 Å². The summed E-state index contributed by atoms with van der Waals surface area (Å²) in [6.45, 7) is 0.638. The van der Waals surface area contributed by atoms with Gasteiger partial charge in [0.25, 0.3) is 0 Å². The van der Waals surface area contributed by atoms with E-state index in [0.29, 0.717) is 13.0 Å². The van der Waals surface area contributed by atoms with Crippen molar-refractivity contribution in [3.8, 4) is 0 Å². The number of halogens is 1. The summed E-state index contributed by atoms with van der Waals surface area (Å²) in [4.78, 5) is 18.8. The van der Waals surface area contributed by atoms with Crippen molar-refractivity contribution in [2.75, 3.05) is 6.61 Å². The van der Waals surface area contributed by atoms with Crippen LogP contribution in [0.2, 0.25) is 0 Å². The average Bonchev–Trinajstić information content (AvgIpc) is 2.15. The zero-order chi connectivity index (χ0) is 7.98. The standard InChI is InChI=1S/C4H6O2.CHClO2/c5-4-2-1-3-6-4;2-1(3)4/h1-3H2;(H,3,4). The molecule has 4 nitrogen and oxygen atoms in total. The summed E-state index contributed by atoms with van der Waals surface area (Å²) >= 11 is 4.19. The molecular weight excluding hydrogens is 160 g/mol. The zero-order valence-corrected chi connectivity index (χ0v) is 5.93. The minimum absolute atomic E-state index is 0.0463. The molecule has 0 spiro atoms. The second-order valence-electron chi connectivity index (χ2n) is 1.58. The van der Waals surface area contributed by atoms with Gasteiger partial charge in [-0.3, -0.25) is 4.79 Å². The fourth-order valence-electron chi connectivity index (χ4n) is 0.475. The number of carbonyl (C=O) groups is 2. The summed E-state index contributed by atoms with van der Waals surface area (Å²) in [5.74, 6) is -0.0463. The molecule has 1 N–H and O–H groups in total. The SMILES string of the molecule is O=C(O)Cl.O=C1CCCO1. The van der Waals surface area contributed by atoms with Gasteiger partial charge in [0.2, 0.25) is 0 Å². The van der Waals surface area contributed by atoms with Crippen LogP contribution < -0.4 is 0 Å². The van der Waals surface area contributed by atoms with Gasteiger partial charge in [0, 0.05) is 18.0 Å². The normalized spacial score (nSPS) is 15.1. The third-order valence-corrected chi connectivity index (χ3v) is 0.788. The van der Waals surface area contributed by atoms with Gasteiger partial charge in [-0.05, 0) is 6.42 Å². The molecular formula is C5H7ClO4. The molecule has 1 aliphatic rings. The first kappa shape index (κ1) is 9.23. The van der Waals surface area contributed by atoms with Gasteiger partial charge in [-0.2, -0.15) is 0 Å². The molecule has 1 fully saturated rings. The molecule has 0 aromatic rings. The summed E-state index contributed by atoms with van der Waals surface area (Å²) in [6.07, 6.45) is 1.54. The zero-order valence-electron chi connectivity index (χ0n) is 5.17. The van der Waals surface area contributed by atoms with Gasteiger partial charge in [0.15, 0.2) is 0 Å². The number of carboxylic acid groups (broad SMARTS) is 1. The number of carbonyl (C=O) groups excluding carboxylic acids is 1. The molecule has 0 saturated carbocycles. The van der Waals surface area contributed by atoms with Crippen LogP contribution in [0.5, 0.6) is 0 Å². The molecule has 5 heteroatoms. The fourth-order valence-corrected chi connectivity index (χ4v) is 0.475. The molecule has 1 saturated heterocycles. The smallest absolute Gasteiger partial charge is 0.401 e. The van der Waals surface area contributed by atoms with E-state index in [4.69, 9.17) is 9.90 Å². The van der Waals surface area contributed by atoms with E-state index in [-0.39, 0.29) is 5.97 Å². The molecule has 1 rings (SSSR count). The van der Waals surface area contributed by atoms with E-state index in [0.717, 1.165) is 6.42 Å². The molecule has 0 radical (unpaired) electrons. The number of rotatable bonds is 0. The van der Waals surface area contributed by atoms with E-state index in [2.05, 4.69) is 16.3 Å². The van der Waals surface area contributed by atoms with Crippen LogP contribution in [0.25, 0.3) is 0 Å². The van der Waals surface area contributed by atoms with E-state index in [9.17, 15) is 4.79 Å². The summed E-state index contributed by atoms with van der Waals surface area (Å²) in [6, 6.07) is 0. The van der Waals surface area contributed by atoms with Gasteiger partial charge in [-0.25, -0.2) is 4.79 Å². The van der Waals surface area contributed by atoms with Crippen molar-refractivity contribution in [1.29, 1.82) is 0 Å². The minimum Gasteiger partial charge on any atom is -0.469 e. The van der Waals surface area contributed by atoms with Crippen LogP contribution in [0.15, 0.2) is 0 Å². The quantitative estimate of drug-likeness (QED) is 0.434. The van der Waals surface area contributed by atoms with E-state index in [1.54, 1.807) is 0 Å². The van der Waals surface area contributed by atoms with Crippen molar-refractivity contribution in [2.45, 2.75) is 12.8 Å². The Bertz CT molecular complexity index is 122. The molecule has 1 heterocycles. The van der Waals surface area contributed by atoms with E-state index in [1.807, 2.05) is 0 Å². The lowest BCUT2D eigenvalue weighted by Crippen LogP contribution is -1.88. The summed E-state index contributed by atoms with van der Waals surface area (Å²) in [5, 5.41) is 7.18. The maximum atomic E-state index is 10.0. The monoisotopic (exact) mass is 166 g/mol. The van der Waals surface area contributed by atoms with Gasteiger partial charge in [-0.1, -0.05) is 0 Å². The lowest BCUT2D eigenvalue weighted by molar-refractivity contribution is -0.137. The van der Waals surface area contributed by atoms with Crippen LogP contribution in [-0.2, 0) is 9.53 Å². The Morgan fingerprint density at radius 3 is 2.30 bits per heavy atom. The fraction of sp³-hybridized carbons (Fsp3) is 0.600. The second-order valence-corrected chi connectivity index (χ2v) is 1.90. The lowest BCUT2D eigenvalue weighted by Gasteiger charge is -1.81. The Balaban J connectivity index is 0.000000180. The third kappa shape index (κ3) is 7.23. The van der Waals surface area contributed by atoms with Gasteiger partial charge in [-0.15, -0.1) is 0 Å². The van der Waals surface area contributed by atoms with E-state index in [1.165, 1.54) is 0 Å². The highest BCUT2D eigenvalue weighted by Crippen LogP contribution is 2.01. The van der Waals surface area contributed by atoms with E-state index >= 15 is 0 Å². The van der Waals surface area contributed by atoms with Gasteiger partial charge in [0.1, 0.15) is 0 Å². The van der Waals surface area contributed by atoms with Gasteiger partial charge >= 0.3 is 11.4 Å². The molecule has 10 heavy (non-hydrogen) atoms. The molecule has 1 aliphatic heterocycles. The Morgan fingerprint density at radius 1 is 1.70 bits per heavy atom. The summed E-state index contributed by atoms with van der Waals surface area (Å²) in [7, 11) is 0. The highest BCUT2D eigenvalue weighted by Gasteiger charge is 2.08. The van der Waals surface area contributed by atoms with Crippen LogP contribution in [0.4, 0.5) is 4.79 Å². The van der Waals surface area contributed by atoms with Crippen LogP contribution in [-0.4, -0.2) is 23.1 Å². The van der Waals surface area contributed by atoms with Crippen LogP contribution in [0, 0.1) is 0 Å². The predicted molar refractivity (Wildman–Crippen MR) is 34.1 cm³/mol. The largest absolute Gasteiger partial charge is 0.469 e. The maximum absolute atomic E-state index is 10.0. The number of ether oxygens (including phenoxy) is 1. The summed E-state index contributed by atoms with van der Waals surface area (Å²) < 4.78 is 4.51. The summed E-state index contributed by atoms with van der Waals surface area (Å²) in [5.41, 5.74) is -1.36. The first-order valence-electron chi connectivity index (χ1n) is 2.67. The van der Waals surface area contributed by atoms with Crippen molar-refractivity contribution in [3.05, 3.63) is 0 Å². The number of esters is 1. The third-order valence-electron chi connectivity index (χ3n) is 0.788. The highest BCUT2D eigenvalue weighted by atomic mass is 35.5. The topological polar surface area (TPSA) is 63.6 Å². The predicted octanol–water partition coefficient (Wildman–Crippen LogP) is 1.23. The molecule has 0 bridgehead atoms. The molecule has 0 aromatic carbocycles. The van der Waals surface area contributed by atoms with Crippen LogP contribution in [0.1, 0.15) is 12.8 Å². The Morgan fingerprint density at radius 2 is 2.20 bits per heavy atom.